The third-order valence-corrected chi connectivity index (χ3v) is 5.14. The molecule has 1 aliphatic rings. The van der Waals surface area contributed by atoms with Crippen molar-refractivity contribution in [3.8, 4) is 5.75 Å². The Bertz CT molecular complexity index is 820. The normalized spacial score (nSPS) is 13.7. The van der Waals surface area contributed by atoms with Gasteiger partial charge in [-0.25, -0.2) is 0 Å². The van der Waals surface area contributed by atoms with E-state index in [1.165, 1.54) is 16.9 Å². The minimum Gasteiger partial charge on any atom is -0.506 e. The van der Waals surface area contributed by atoms with E-state index >= 15 is 0 Å². The number of fused-ring (bicyclic) bond motifs is 1. The maximum Gasteiger partial charge on any atom is 0.152 e. The number of aryl methyl sites for hydroxylation is 1. The first kappa shape index (κ1) is 19.0. The predicted molar refractivity (Wildman–Crippen MR) is 114 cm³/mol. The number of anilines is 3. The van der Waals surface area contributed by atoms with Crippen LogP contribution in [0.3, 0.4) is 0 Å². The highest BCUT2D eigenvalue weighted by molar-refractivity contribution is 5.73. The lowest BCUT2D eigenvalue weighted by Crippen LogP contribution is -2.73. The molecule has 0 amide bonds. The lowest BCUT2D eigenvalue weighted by molar-refractivity contribution is -0.538. The molecule has 0 spiro atoms. The van der Waals surface area contributed by atoms with Crippen LogP contribution in [-0.2, 0) is 6.42 Å². The van der Waals surface area contributed by atoms with Gasteiger partial charge in [-0.3, -0.25) is 5.01 Å². The maximum absolute atomic E-state index is 10.5. The summed E-state index contributed by atoms with van der Waals surface area (Å²) in [5.41, 5.74) is 5.51. The Hall–Kier alpha value is -2.73. The standard InChI is InChI=1S/C21H29N5O/c1-22-17-9-5-6-10-18(17)25(3)13-11-23-26(4)20-14-16-8-7-12-24(2)19(16)15-21(20)27/h5-6,9-11,14-15,22,27H,7-8,12-13H2,1-4H3/p+1/b23-11+. The molecule has 2 aromatic carbocycles. The molecule has 6 heteroatoms. The fourth-order valence-electron chi connectivity index (χ4n) is 3.57. The molecule has 0 unspecified atom stereocenters. The van der Waals surface area contributed by atoms with Gasteiger partial charge in [-0.15, -0.1) is 0 Å². The smallest absolute Gasteiger partial charge is 0.152 e. The summed E-state index contributed by atoms with van der Waals surface area (Å²) in [6.07, 6.45) is 4.05. The lowest BCUT2D eigenvalue weighted by atomic mass is 10.0. The maximum atomic E-state index is 10.5. The Labute approximate surface area is 161 Å². The van der Waals surface area contributed by atoms with E-state index in [1.807, 2.05) is 38.5 Å². The van der Waals surface area contributed by atoms with Crippen LogP contribution in [0.2, 0.25) is 0 Å². The first-order valence-electron chi connectivity index (χ1n) is 9.44. The van der Waals surface area contributed by atoms with Crippen LogP contribution in [0.25, 0.3) is 0 Å². The van der Waals surface area contributed by atoms with Gasteiger partial charge in [-0.2, -0.15) is 5.10 Å². The molecule has 0 saturated carbocycles. The second kappa shape index (κ2) is 8.31. The quantitative estimate of drug-likeness (QED) is 0.466. The lowest BCUT2D eigenvalue weighted by Gasteiger charge is -2.29. The van der Waals surface area contributed by atoms with E-state index in [2.05, 4.69) is 52.5 Å². The van der Waals surface area contributed by atoms with Gasteiger partial charge in [0.05, 0.1) is 19.3 Å². The molecule has 0 fully saturated rings. The van der Waals surface area contributed by atoms with Crippen LogP contribution in [0.1, 0.15) is 12.0 Å². The average molecular weight is 369 g/mol. The van der Waals surface area contributed by atoms with Crippen LogP contribution < -0.4 is 20.1 Å². The van der Waals surface area contributed by atoms with Gasteiger partial charge < -0.3 is 20.2 Å². The Balaban J connectivity index is 1.71. The number of quaternary nitrogens is 1. The molecule has 0 saturated heterocycles. The molecule has 3 rings (SSSR count). The van der Waals surface area contributed by atoms with E-state index < -0.39 is 0 Å². The second-order valence-corrected chi connectivity index (χ2v) is 7.04. The molecule has 0 aliphatic carbocycles. The number of nitrogens with two attached hydrogens (primary N) is 1. The largest absolute Gasteiger partial charge is 0.506 e. The number of aromatic hydroxyl groups is 1. The van der Waals surface area contributed by atoms with Crippen LogP contribution in [0.5, 0.6) is 5.75 Å². The fraction of sp³-hybridized carbons (Fsp3) is 0.381. The number of nitrogens with zero attached hydrogens (tertiary/aromatic N) is 4. The molecule has 2 aromatic rings. The molecule has 3 N–H and O–H groups in total. The van der Waals surface area contributed by atoms with Gasteiger partial charge in [0, 0.05) is 51.7 Å². The molecule has 144 valence electrons. The SMILES string of the molecule is C[NH2+]c1ccccc1N(C)C/C=N/N(C)c1cc2c(cc1O)N(C)CCC2. The summed E-state index contributed by atoms with van der Waals surface area (Å²) in [6, 6.07) is 12.2. The number of benzene rings is 2. The summed E-state index contributed by atoms with van der Waals surface area (Å²) in [5.74, 6) is 0.265. The van der Waals surface area contributed by atoms with E-state index in [4.69, 9.17) is 0 Å². The summed E-state index contributed by atoms with van der Waals surface area (Å²) in [7, 11) is 8.05. The molecule has 0 radical (unpaired) electrons. The van der Waals surface area contributed by atoms with Crippen LogP contribution in [0.15, 0.2) is 41.5 Å². The van der Waals surface area contributed by atoms with Crippen LogP contribution in [0, 0.1) is 0 Å². The number of phenols is 1. The van der Waals surface area contributed by atoms with Gasteiger partial charge in [0.1, 0.15) is 11.4 Å². The Morgan fingerprint density at radius 2 is 2.00 bits per heavy atom. The van der Waals surface area contributed by atoms with Crippen molar-refractivity contribution in [3.05, 3.63) is 42.0 Å². The molecule has 0 aromatic heterocycles. The van der Waals surface area contributed by atoms with Crippen molar-refractivity contribution in [1.29, 1.82) is 0 Å². The van der Waals surface area contributed by atoms with Gasteiger partial charge in [0.25, 0.3) is 0 Å². The van der Waals surface area contributed by atoms with Gasteiger partial charge in [0.2, 0.25) is 0 Å². The second-order valence-electron chi connectivity index (χ2n) is 7.04. The monoisotopic (exact) mass is 368 g/mol. The van der Waals surface area contributed by atoms with Crippen molar-refractivity contribution >= 4 is 29.0 Å². The Kier molecular flexibility index (Phi) is 5.86. The van der Waals surface area contributed by atoms with E-state index in [9.17, 15) is 5.11 Å². The summed E-state index contributed by atoms with van der Waals surface area (Å²) in [6.45, 7) is 1.71. The van der Waals surface area contributed by atoms with Gasteiger partial charge in [0.15, 0.2) is 5.69 Å². The first-order chi connectivity index (χ1) is 13.0. The molecule has 0 atom stereocenters. The Morgan fingerprint density at radius 1 is 1.22 bits per heavy atom. The number of hydrogen-bond acceptors (Lipinski definition) is 5. The van der Waals surface area contributed by atoms with E-state index in [1.54, 1.807) is 5.01 Å². The van der Waals surface area contributed by atoms with Crippen molar-refractivity contribution in [1.82, 2.24) is 0 Å². The predicted octanol–water partition coefficient (Wildman–Crippen LogP) is 2.16. The zero-order chi connectivity index (χ0) is 19.4. The van der Waals surface area contributed by atoms with Crippen LogP contribution in [-0.4, -0.2) is 52.6 Å². The number of para-hydroxylation sites is 2. The van der Waals surface area contributed by atoms with E-state index in [-0.39, 0.29) is 5.75 Å². The summed E-state index contributed by atoms with van der Waals surface area (Å²) in [5, 5.41) is 18.8. The van der Waals surface area contributed by atoms with Crippen molar-refractivity contribution < 1.29 is 10.4 Å². The summed E-state index contributed by atoms with van der Waals surface area (Å²) >= 11 is 0. The highest BCUT2D eigenvalue weighted by Crippen LogP contribution is 2.37. The third-order valence-electron chi connectivity index (χ3n) is 5.14. The van der Waals surface area contributed by atoms with Crippen molar-refractivity contribution in [3.63, 3.8) is 0 Å². The zero-order valence-electron chi connectivity index (χ0n) is 16.7. The zero-order valence-corrected chi connectivity index (χ0v) is 16.7. The number of phenolic OH excluding ortho intramolecular Hbond substituents is 1. The average Bonchev–Trinajstić information content (AvgIpc) is 2.68. The molecular formula is C21H30N5O+. The topological polar surface area (TPSA) is 58.9 Å². The number of rotatable bonds is 6. The highest BCUT2D eigenvalue weighted by atomic mass is 16.3. The summed E-state index contributed by atoms with van der Waals surface area (Å²) < 4.78 is 0. The molecule has 1 heterocycles. The molecule has 27 heavy (non-hydrogen) atoms. The number of hydrazone groups is 1. The molecule has 0 bridgehead atoms. The first-order valence-corrected chi connectivity index (χ1v) is 9.44. The highest BCUT2D eigenvalue weighted by Gasteiger charge is 2.18. The molecule has 1 aliphatic heterocycles. The Morgan fingerprint density at radius 3 is 2.78 bits per heavy atom. The van der Waals surface area contributed by atoms with E-state index in [0.717, 1.165) is 30.8 Å². The van der Waals surface area contributed by atoms with E-state index in [0.29, 0.717) is 6.54 Å². The van der Waals surface area contributed by atoms with Gasteiger partial charge in [-0.1, -0.05) is 12.1 Å². The minimum atomic E-state index is 0.265. The third kappa shape index (κ3) is 4.17. The fourth-order valence-corrected chi connectivity index (χ4v) is 3.57. The molecule has 6 nitrogen and oxygen atoms in total. The van der Waals surface area contributed by atoms with Crippen LogP contribution >= 0.6 is 0 Å². The van der Waals surface area contributed by atoms with Crippen molar-refractivity contribution in [2.75, 3.05) is 56.1 Å². The molecular weight excluding hydrogens is 338 g/mol. The summed E-state index contributed by atoms with van der Waals surface area (Å²) in [4.78, 5) is 4.36. The van der Waals surface area contributed by atoms with Gasteiger partial charge in [-0.05, 0) is 30.5 Å². The number of hydrogen-bond donors (Lipinski definition) is 2. The van der Waals surface area contributed by atoms with Crippen LogP contribution in [0.4, 0.5) is 22.7 Å². The van der Waals surface area contributed by atoms with Crippen molar-refractivity contribution in [2.45, 2.75) is 12.8 Å². The minimum absolute atomic E-state index is 0.265. The van der Waals surface area contributed by atoms with Gasteiger partial charge >= 0.3 is 0 Å². The van der Waals surface area contributed by atoms with Crippen molar-refractivity contribution in [2.24, 2.45) is 5.10 Å².